The third-order valence-electron chi connectivity index (χ3n) is 3.73. The number of H-pyrrole nitrogens is 1. The number of hydrogen-bond donors (Lipinski definition) is 4. The zero-order valence-electron chi connectivity index (χ0n) is 10.6. The molecule has 2 heterocycles. The molecule has 1 fully saturated rings. The van der Waals surface area contributed by atoms with E-state index in [1.807, 2.05) is 24.3 Å². The Morgan fingerprint density at radius 2 is 2.15 bits per heavy atom. The Hall–Kier alpha value is -2.34. The number of carbonyl (C=O) groups excluding carboxylic acids is 1. The molecule has 2 aromatic rings. The van der Waals surface area contributed by atoms with Crippen molar-refractivity contribution < 1.29 is 19.8 Å². The molecule has 104 valence electrons. The molecule has 1 saturated heterocycles. The first kappa shape index (κ1) is 12.7. The van der Waals surface area contributed by atoms with Crippen molar-refractivity contribution in [3.63, 3.8) is 0 Å². The van der Waals surface area contributed by atoms with Crippen LogP contribution in [0.2, 0.25) is 0 Å². The average Bonchev–Trinajstić information content (AvgIpc) is 2.93. The van der Waals surface area contributed by atoms with Crippen molar-refractivity contribution in [2.75, 3.05) is 0 Å². The molecule has 1 aromatic carbocycles. The number of aromatic amines is 1. The Labute approximate surface area is 114 Å². The van der Waals surface area contributed by atoms with Gasteiger partial charge in [-0.15, -0.1) is 0 Å². The molecule has 0 bridgehead atoms. The molecule has 1 aromatic heterocycles. The van der Waals surface area contributed by atoms with Crippen LogP contribution in [0.5, 0.6) is 0 Å². The van der Waals surface area contributed by atoms with Crippen LogP contribution >= 0.6 is 0 Å². The van der Waals surface area contributed by atoms with Gasteiger partial charge in [0.1, 0.15) is 11.6 Å². The number of carbonyl (C=O) groups is 2. The maximum absolute atomic E-state index is 11.8. The first-order valence-electron chi connectivity index (χ1n) is 6.31. The van der Waals surface area contributed by atoms with E-state index in [9.17, 15) is 14.7 Å². The van der Waals surface area contributed by atoms with Crippen molar-refractivity contribution in [1.29, 1.82) is 0 Å². The molecular formula is C14H14N2O4. The highest BCUT2D eigenvalue weighted by Gasteiger charge is 2.48. The Kier molecular flexibility index (Phi) is 2.76. The van der Waals surface area contributed by atoms with Gasteiger partial charge in [-0.25, -0.2) is 4.79 Å². The van der Waals surface area contributed by atoms with E-state index in [4.69, 9.17) is 5.11 Å². The molecule has 6 nitrogen and oxygen atoms in total. The first-order valence-corrected chi connectivity index (χ1v) is 6.31. The van der Waals surface area contributed by atoms with Crippen LogP contribution in [-0.2, 0) is 16.0 Å². The lowest BCUT2D eigenvalue weighted by Gasteiger charge is -2.18. The van der Waals surface area contributed by atoms with Crippen molar-refractivity contribution in [2.45, 2.75) is 24.5 Å². The minimum atomic E-state index is -1.67. The predicted octanol–water partition coefficient (Wildman–Crippen LogP) is 0.415. The highest BCUT2D eigenvalue weighted by molar-refractivity contribution is 5.94. The Morgan fingerprint density at radius 3 is 2.85 bits per heavy atom. The smallest absolute Gasteiger partial charge is 0.326 e. The lowest BCUT2D eigenvalue weighted by Crippen LogP contribution is -2.40. The molecule has 0 radical (unpaired) electrons. The fraction of sp³-hybridized carbons (Fsp3) is 0.286. The minimum absolute atomic E-state index is 0.0899. The monoisotopic (exact) mass is 274 g/mol. The van der Waals surface area contributed by atoms with E-state index >= 15 is 0 Å². The maximum Gasteiger partial charge on any atom is 0.326 e. The summed E-state index contributed by atoms with van der Waals surface area (Å²) >= 11 is 0. The highest BCUT2D eigenvalue weighted by Crippen LogP contribution is 2.28. The molecule has 0 saturated carbocycles. The van der Waals surface area contributed by atoms with Crippen LogP contribution in [0.15, 0.2) is 30.5 Å². The number of carboxylic acids is 1. The number of para-hydroxylation sites is 1. The molecule has 1 amide bonds. The molecule has 20 heavy (non-hydrogen) atoms. The number of rotatable bonds is 3. The number of benzene rings is 1. The number of amides is 1. The number of fused-ring (bicyclic) bond motifs is 1. The summed E-state index contributed by atoms with van der Waals surface area (Å²) in [6, 6.07) is 6.53. The molecule has 6 heteroatoms. The summed E-state index contributed by atoms with van der Waals surface area (Å²) in [6.45, 7) is 0. The standard InChI is InChI=1S/C14H14N2O4/c17-12(18)11-6-14(20,13(19)16-11)5-8-7-15-10-4-2-1-3-9(8)10/h1-4,7,11,15,20H,5-6H2,(H,16,19)(H,17,18)/t11-,14+/m0/s1. The van der Waals surface area contributed by atoms with Gasteiger partial charge >= 0.3 is 5.97 Å². The summed E-state index contributed by atoms with van der Waals surface area (Å²) in [4.78, 5) is 25.8. The third-order valence-corrected chi connectivity index (χ3v) is 3.73. The van der Waals surface area contributed by atoms with Crippen LogP contribution in [-0.4, -0.2) is 38.7 Å². The van der Waals surface area contributed by atoms with Crippen LogP contribution in [0.25, 0.3) is 10.9 Å². The number of aromatic nitrogens is 1. The number of hydrogen-bond acceptors (Lipinski definition) is 3. The van der Waals surface area contributed by atoms with Crippen LogP contribution < -0.4 is 5.32 Å². The largest absolute Gasteiger partial charge is 0.480 e. The molecule has 1 aliphatic heterocycles. The van der Waals surface area contributed by atoms with Gasteiger partial charge in [0.25, 0.3) is 5.91 Å². The number of nitrogens with one attached hydrogen (secondary N) is 2. The molecule has 0 aliphatic carbocycles. The fourth-order valence-corrected chi connectivity index (χ4v) is 2.67. The van der Waals surface area contributed by atoms with E-state index in [2.05, 4.69) is 10.3 Å². The van der Waals surface area contributed by atoms with E-state index in [0.717, 1.165) is 16.5 Å². The van der Waals surface area contributed by atoms with Crippen LogP contribution in [0.3, 0.4) is 0 Å². The van der Waals surface area contributed by atoms with Crippen molar-refractivity contribution >= 4 is 22.8 Å². The summed E-state index contributed by atoms with van der Waals surface area (Å²) in [5.74, 6) is -1.76. The number of aliphatic carboxylic acids is 1. The van der Waals surface area contributed by atoms with Crippen LogP contribution in [0, 0.1) is 0 Å². The second-order valence-electron chi connectivity index (χ2n) is 5.14. The predicted molar refractivity (Wildman–Crippen MR) is 71.1 cm³/mol. The summed E-state index contributed by atoms with van der Waals surface area (Å²) < 4.78 is 0. The second-order valence-corrected chi connectivity index (χ2v) is 5.14. The number of aliphatic hydroxyl groups is 1. The van der Waals surface area contributed by atoms with Crippen molar-refractivity contribution in [2.24, 2.45) is 0 Å². The van der Waals surface area contributed by atoms with Crippen molar-refractivity contribution in [3.05, 3.63) is 36.0 Å². The minimum Gasteiger partial charge on any atom is -0.480 e. The Bertz CT molecular complexity index is 693. The molecule has 3 rings (SSSR count). The molecular weight excluding hydrogens is 260 g/mol. The average molecular weight is 274 g/mol. The summed E-state index contributed by atoms with van der Waals surface area (Å²) in [6.07, 6.45) is 1.71. The number of carboxylic acid groups (broad SMARTS) is 1. The van der Waals surface area contributed by atoms with Crippen molar-refractivity contribution in [1.82, 2.24) is 10.3 Å². The summed E-state index contributed by atoms with van der Waals surface area (Å²) in [7, 11) is 0. The van der Waals surface area contributed by atoms with Crippen LogP contribution in [0.1, 0.15) is 12.0 Å². The molecule has 1 aliphatic rings. The maximum atomic E-state index is 11.8. The van der Waals surface area contributed by atoms with Gasteiger partial charge in [0.15, 0.2) is 0 Å². The normalized spacial score (nSPS) is 25.9. The quantitative estimate of drug-likeness (QED) is 0.651. The van der Waals surface area contributed by atoms with Gasteiger partial charge < -0.3 is 20.5 Å². The van der Waals surface area contributed by atoms with E-state index in [1.54, 1.807) is 6.20 Å². The molecule has 2 atom stereocenters. The van der Waals surface area contributed by atoms with Gasteiger partial charge in [0.05, 0.1) is 0 Å². The second kappa shape index (κ2) is 4.35. The van der Waals surface area contributed by atoms with Gasteiger partial charge in [0.2, 0.25) is 0 Å². The molecule has 0 spiro atoms. The third kappa shape index (κ3) is 1.94. The van der Waals surface area contributed by atoms with Crippen molar-refractivity contribution in [3.8, 4) is 0 Å². The summed E-state index contributed by atoms with van der Waals surface area (Å²) in [5.41, 5.74) is 0.0390. The SMILES string of the molecule is O=C(O)[C@@H]1C[C@](O)(Cc2c[nH]c3ccccc23)C(=O)N1. The van der Waals surface area contributed by atoms with E-state index in [1.165, 1.54) is 0 Å². The Morgan fingerprint density at radius 1 is 1.40 bits per heavy atom. The van der Waals surface area contributed by atoms with Gasteiger partial charge in [0, 0.05) is 29.9 Å². The Balaban J connectivity index is 1.90. The van der Waals surface area contributed by atoms with Gasteiger partial charge in [-0.1, -0.05) is 18.2 Å². The lowest BCUT2D eigenvalue weighted by molar-refractivity contribution is -0.140. The van der Waals surface area contributed by atoms with E-state index in [0.29, 0.717) is 0 Å². The van der Waals surface area contributed by atoms with Gasteiger partial charge in [-0.05, 0) is 11.6 Å². The molecule has 4 N–H and O–H groups in total. The highest BCUT2D eigenvalue weighted by atomic mass is 16.4. The van der Waals surface area contributed by atoms with E-state index in [-0.39, 0.29) is 12.8 Å². The van der Waals surface area contributed by atoms with Crippen LogP contribution in [0.4, 0.5) is 0 Å². The summed E-state index contributed by atoms with van der Waals surface area (Å²) in [5, 5.41) is 22.6. The molecule has 0 unspecified atom stereocenters. The lowest BCUT2D eigenvalue weighted by atomic mass is 9.91. The van der Waals surface area contributed by atoms with Gasteiger partial charge in [-0.3, -0.25) is 4.79 Å². The fourth-order valence-electron chi connectivity index (χ4n) is 2.67. The van der Waals surface area contributed by atoms with Gasteiger partial charge in [-0.2, -0.15) is 0 Å². The topological polar surface area (TPSA) is 102 Å². The van der Waals surface area contributed by atoms with E-state index < -0.39 is 23.5 Å². The zero-order valence-corrected chi connectivity index (χ0v) is 10.6. The zero-order chi connectivity index (χ0) is 14.3. The first-order chi connectivity index (χ1) is 9.49.